The number of hydrogen-bond donors (Lipinski definition) is 1. The number of rotatable bonds is 3. The summed E-state index contributed by atoms with van der Waals surface area (Å²) in [6.45, 7) is 4.73. The van der Waals surface area contributed by atoms with Crippen molar-refractivity contribution in [1.29, 1.82) is 0 Å². The van der Waals surface area contributed by atoms with Crippen molar-refractivity contribution in [3.05, 3.63) is 22.4 Å². The summed E-state index contributed by atoms with van der Waals surface area (Å²) in [5.41, 5.74) is 1.57. The van der Waals surface area contributed by atoms with Gasteiger partial charge in [0.2, 0.25) is 0 Å². The largest absolute Gasteiger partial charge is 0.314 e. The van der Waals surface area contributed by atoms with Crippen LogP contribution in [0.3, 0.4) is 0 Å². The minimum Gasteiger partial charge on any atom is -0.314 e. The van der Waals surface area contributed by atoms with Gasteiger partial charge in [-0.1, -0.05) is 0 Å². The lowest BCUT2D eigenvalue weighted by atomic mass is 9.88. The molecule has 1 N–H and O–H groups in total. The Balaban J connectivity index is 1.78. The summed E-state index contributed by atoms with van der Waals surface area (Å²) in [4.78, 5) is 2.72. The van der Waals surface area contributed by atoms with Gasteiger partial charge >= 0.3 is 0 Å². The van der Waals surface area contributed by atoms with E-state index in [9.17, 15) is 0 Å². The second-order valence-corrected chi connectivity index (χ2v) is 7.24. The van der Waals surface area contributed by atoms with E-state index in [0.29, 0.717) is 6.04 Å². The van der Waals surface area contributed by atoms with E-state index in [1.165, 1.54) is 37.4 Å². The van der Waals surface area contributed by atoms with Crippen molar-refractivity contribution in [3.63, 3.8) is 0 Å². The second kappa shape index (κ2) is 6.42. The quantitative estimate of drug-likeness (QED) is 0.918. The van der Waals surface area contributed by atoms with E-state index in [2.05, 4.69) is 38.8 Å². The SMILES string of the molecule is c1cc(C(C2CCSCC2)N2CCNCC2)cs1. The number of nitrogens with zero attached hydrogens (tertiary/aromatic N) is 1. The van der Waals surface area contributed by atoms with Crippen molar-refractivity contribution in [2.24, 2.45) is 5.92 Å². The van der Waals surface area contributed by atoms with Crippen LogP contribution in [0.15, 0.2) is 16.8 Å². The van der Waals surface area contributed by atoms with Gasteiger partial charge in [-0.15, -0.1) is 0 Å². The smallest absolute Gasteiger partial charge is 0.0386 e. The molecule has 0 spiro atoms. The van der Waals surface area contributed by atoms with Crippen molar-refractivity contribution in [2.75, 3.05) is 37.7 Å². The Morgan fingerprint density at radius 2 is 2.00 bits per heavy atom. The zero-order chi connectivity index (χ0) is 12.2. The van der Waals surface area contributed by atoms with Crippen molar-refractivity contribution < 1.29 is 0 Å². The molecule has 3 rings (SSSR count). The lowest BCUT2D eigenvalue weighted by molar-refractivity contribution is 0.119. The molecule has 1 aromatic heterocycles. The fourth-order valence-electron chi connectivity index (χ4n) is 3.22. The first-order valence-corrected chi connectivity index (χ1v) is 9.09. The molecule has 100 valence electrons. The van der Waals surface area contributed by atoms with Crippen LogP contribution in [0.4, 0.5) is 0 Å². The van der Waals surface area contributed by atoms with Crippen LogP contribution in [0.1, 0.15) is 24.4 Å². The topological polar surface area (TPSA) is 15.3 Å². The molecule has 18 heavy (non-hydrogen) atoms. The Kier molecular flexibility index (Phi) is 4.63. The zero-order valence-corrected chi connectivity index (χ0v) is 12.4. The average molecular weight is 282 g/mol. The van der Waals surface area contributed by atoms with E-state index in [1.54, 1.807) is 5.56 Å². The van der Waals surface area contributed by atoms with Crippen LogP contribution in [-0.2, 0) is 0 Å². The summed E-state index contributed by atoms with van der Waals surface area (Å²) >= 11 is 3.98. The van der Waals surface area contributed by atoms with Crippen molar-refractivity contribution >= 4 is 23.1 Å². The zero-order valence-electron chi connectivity index (χ0n) is 10.8. The maximum Gasteiger partial charge on any atom is 0.0386 e. The van der Waals surface area contributed by atoms with E-state index in [0.717, 1.165) is 19.0 Å². The molecular weight excluding hydrogens is 260 g/mol. The lowest BCUT2D eigenvalue weighted by Crippen LogP contribution is -2.47. The molecule has 0 aromatic carbocycles. The fraction of sp³-hybridized carbons (Fsp3) is 0.714. The van der Waals surface area contributed by atoms with Gasteiger partial charge in [-0.25, -0.2) is 0 Å². The normalized spacial score (nSPS) is 25.1. The molecule has 1 unspecified atom stereocenters. The maximum atomic E-state index is 3.47. The van der Waals surface area contributed by atoms with Gasteiger partial charge in [0.15, 0.2) is 0 Å². The number of piperazine rings is 1. The Morgan fingerprint density at radius 1 is 1.22 bits per heavy atom. The highest BCUT2D eigenvalue weighted by Gasteiger charge is 2.31. The van der Waals surface area contributed by atoms with E-state index in [1.807, 2.05) is 11.3 Å². The first kappa shape index (κ1) is 13.0. The van der Waals surface area contributed by atoms with Gasteiger partial charge < -0.3 is 5.32 Å². The van der Waals surface area contributed by atoms with Crippen LogP contribution < -0.4 is 5.32 Å². The minimum atomic E-state index is 0.680. The number of thiophene rings is 1. The van der Waals surface area contributed by atoms with Gasteiger partial charge in [-0.05, 0) is 52.7 Å². The first-order chi connectivity index (χ1) is 8.95. The number of nitrogens with one attached hydrogen (secondary N) is 1. The molecule has 2 nitrogen and oxygen atoms in total. The molecule has 1 aromatic rings. The molecule has 1 atom stereocenters. The Labute approximate surface area is 118 Å². The molecule has 2 fully saturated rings. The van der Waals surface area contributed by atoms with E-state index >= 15 is 0 Å². The Morgan fingerprint density at radius 3 is 2.67 bits per heavy atom. The lowest BCUT2D eigenvalue weighted by Gasteiger charge is -2.40. The summed E-state index contributed by atoms with van der Waals surface area (Å²) in [5, 5.41) is 8.08. The molecule has 2 saturated heterocycles. The highest BCUT2D eigenvalue weighted by molar-refractivity contribution is 7.99. The number of hydrogen-bond acceptors (Lipinski definition) is 4. The molecule has 0 amide bonds. The summed E-state index contributed by atoms with van der Waals surface area (Å²) in [6.07, 6.45) is 2.80. The van der Waals surface area contributed by atoms with Crippen molar-refractivity contribution in [3.8, 4) is 0 Å². The summed E-state index contributed by atoms with van der Waals surface area (Å²) in [6, 6.07) is 3.03. The minimum absolute atomic E-state index is 0.680. The van der Waals surface area contributed by atoms with Crippen LogP contribution >= 0.6 is 23.1 Å². The standard InChI is InChI=1S/C14H22N2S2/c1-8-17-9-2-12(1)14(13-3-10-18-11-13)16-6-4-15-5-7-16/h3,10-12,14-15H,1-2,4-9H2. The van der Waals surface area contributed by atoms with Gasteiger partial charge in [0, 0.05) is 32.2 Å². The van der Waals surface area contributed by atoms with E-state index in [4.69, 9.17) is 0 Å². The summed E-state index contributed by atoms with van der Waals surface area (Å²) in [7, 11) is 0. The predicted octanol–water partition coefficient (Wildman–Crippen LogP) is 2.84. The second-order valence-electron chi connectivity index (χ2n) is 5.24. The highest BCUT2D eigenvalue weighted by atomic mass is 32.2. The van der Waals surface area contributed by atoms with E-state index < -0.39 is 0 Å². The molecule has 4 heteroatoms. The highest BCUT2D eigenvalue weighted by Crippen LogP contribution is 2.38. The molecule has 2 aliphatic rings. The van der Waals surface area contributed by atoms with Gasteiger partial charge in [0.25, 0.3) is 0 Å². The molecule has 0 bridgehead atoms. The monoisotopic (exact) mass is 282 g/mol. The molecule has 0 saturated carbocycles. The van der Waals surface area contributed by atoms with Crippen molar-refractivity contribution in [2.45, 2.75) is 18.9 Å². The third-order valence-corrected chi connectivity index (χ3v) is 5.89. The van der Waals surface area contributed by atoms with Crippen LogP contribution in [0.5, 0.6) is 0 Å². The van der Waals surface area contributed by atoms with Gasteiger partial charge in [0.05, 0.1) is 0 Å². The molecular formula is C14H22N2S2. The number of thioether (sulfide) groups is 1. The van der Waals surface area contributed by atoms with Crippen LogP contribution in [-0.4, -0.2) is 42.6 Å². The van der Waals surface area contributed by atoms with Gasteiger partial charge in [-0.3, -0.25) is 4.90 Å². The Hall–Kier alpha value is -0.0300. The van der Waals surface area contributed by atoms with E-state index in [-0.39, 0.29) is 0 Å². The van der Waals surface area contributed by atoms with Crippen LogP contribution in [0.25, 0.3) is 0 Å². The molecule has 2 aliphatic heterocycles. The molecule has 3 heterocycles. The summed E-state index contributed by atoms with van der Waals surface area (Å²) in [5.74, 6) is 3.59. The predicted molar refractivity (Wildman–Crippen MR) is 81.6 cm³/mol. The Bertz CT molecular complexity index is 323. The van der Waals surface area contributed by atoms with Gasteiger partial charge in [-0.2, -0.15) is 23.1 Å². The van der Waals surface area contributed by atoms with Crippen LogP contribution in [0.2, 0.25) is 0 Å². The summed E-state index contributed by atoms with van der Waals surface area (Å²) < 4.78 is 0. The third-order valence-electron chi connectivity index (χ3n) is 4.14. The molecule has 0 radical (unpaired) electrons. The third kappa shape index (κ3) is 2.93. The first-order valence-electron chi connectivity index (χ1n) is 7.00. The van der Waals surface area contributed by atoms with Gasteiger partial charge in [0.1, 0.15) is 0 Å². The molecule has 0 aliphatic carbocycles. The maximum absolute atomic E-state index is 3.47. The fourth-order valence-corrected chi connectivity index (χ4v) is 5.05. The van der Waals surface area contributed by atoms with Crippen LogP contribution in [0, 0.1) is 5.92 Å². The average Bonchev–Trinajstić information content (AvgIpc) is 2.95. The van der Waals surface area contributed by atoms with Crippen molar-refractivity contribution in [1.82, 2.24) is 10.2 Å².